The van der Waals surface area contributed by atoms with Crippen molar-refractivity contribution < 1.29 is 14.6 Å². The molecule has 0 radical (unpaired) electrons. The normalized spacial score (nSPS) is 46.8. The Balaban J connectivity index is 1.47. The van der Waals surface area contributed by atoms with Gasteiger partial charge in [0.1, 0.15) is 6.10 Å². The van der Waals surface area contributed by atoms with Gasteiger partial charge in [-0.05, 0) is 104 Å². The van der Waals surface area contributed by atoms with Crippen molar-refractivity contribution in [3.63, 3.8) is 0 Å². The minimum Gasteiger partial charge on any atom is -0.463 e. The van der Waals surface area contributed by atoms with Gasteiger partial charge in [-0.25, -0.2) is 0 Å². The molecule has 0 aromatic heterocycles. The number of rotatable bonds is 6. The number of fused-ring (bicyclic) bond motifs is 5. The first kappa shape index (κ1) is 24.6. The van der Waals surface area contributed by atoms with Gasteiger partial charge in [0.15, 0.2) is 0 Å². The molecule has 0 aromatic carbocycles. The van der Waals surface area contributed by atoms with E-state index in [-0.39, 0.29) is 23.6 Å². The standard InChI is InChI=1S/C29H50O3/c1-18(2)8-7-9-19(3)23-10-11-24-22-17-27(31)26-16-21(32-20(4)30)12-14-29(26,6)25(22)13-15-28(23,24)5/h18-19,21-27,31H,7-17H2,1-6H3/t19-,21+,22+,23-,24+,25+,26?,27?,28-,29-/m1/s1. The molecule has 0 amide bonds. The van der Waals surface area contributed by atoms with Crippen molar-refractivity contribution in [2.75, 3.05) is 0 Å². The molecule has 32 heavy (non-hydrogen) atoms. The lowest BCUT2D eigenvalue weighted by Crippen LogP contribution is -2.58. The lowest BCUT2D eigenvalue weighted by Gasteiger charge is -2.62. The molecular weight excluding hydrogens is 396 g/mol. The summed E-state index contributed by atoms with van der Waals surface area (Å²) in [4.78, 5) is 11.5. The zero-order valence-electron chi connectivity index (χ0n) is 21.7. The summed E-state index contributed by atoms with van der Waals surface area (Å²) in [7, 11) is 0. The van der Waals surface area contributed by atoms with Crippen LogP contribution in [0.25, 0.3) is 0 Å². The van der Waals surface area contributed by atoms with E-state index in [4.69, 9.17) is 4.74 Å². The molecule has 10 atom stereocenters. The molecule has 4 fully saturated rings. The molecule has 3 nitrogen and oxygen atoms in total. The summed E-state index contributed by atoms with van der Waals surface area (Å²) in [6, 6.07) is 0. The third kappa shape index (κ3) is 4.29. The number of aliphatic hydroxyl groups excluding tert-OH is 1. The maximum atomic E-state index is 11.5. The van der Waals surface area contributed by atoms with Gasteiger partial charge >= 0.3 is 5.97 Å². The molecule has 0 aliphatic heterocycles. The van der Waals surface area contributed by atoms with Crippen molar-refractivity contribution in [3.05, 3.63) is 0 Å². The lowest BCUT2D eigenvalue weighted by molar-refractivity contribution is -0.182. The van der Waals surface area contributed by atoms with Crippen LogP contribution in [0, 0.1) is 52.3 Å². The molecule has 3 heteroatoms. The molecule has 4 aliphatic carbocycles. The van der Waals surface area contributed by atoms with Gasteiger partial charge in [0.25, 0.3) is 0 Å². The minimum absolute atomic E-state index is 0.00758. The maximum absolute atomic E-state index is 11.5. The molecule has 184 valence electrons. The van der Waals surface area contributed by atoms with Crippen LogP contribution in [0.1, 0.15) is 112 Å². The monoisotopic (exact) mass is 446 g/mol. The highest BCUT2D eigenvalue weighted by atomic mass is 16.5. The minimum atomic E-state index is -0.232. The SMILES string of the molecule is CC(=O)O[C@H]1CC[C@@]2(C)C(C1)C(O)C[C@H]1[C@@H]3CC[C@H]([C@H](C)CCCC(C)C)[C@@]3(C)CC[C@@H]12. The van der Waals surface area contributed by atoms with Crippen LogP contribution >= 0.6 is 0 Å². The summed E-state index contributed by atoms with van der Waals surface area (Å²) in [5.74, 6) is 4.84. The number of carbonyl (C=O) groups is 1. The van der Waals surface area contributed by atoms with Gasteiger partial charge < -0.3 is 9.84 Å². The van der Waals surface area contributed by atoms with Crippen molar-refractivity contribution in [1.82, 2.24) is 0 Å². The average Bonchev–Trinajstić information content (AvgIpc) is 3.06. The van der Waals surface area contributed by atoms with E-state index in [1.54, 1.807) is 0 Å². The summed E-state index contributed by atoms with van der Waals surface area (Å²) < 4.78 is 5.59. The van der Waals surface area contributed by atoms with Crippen LogP contribution in [0.15, 0.2) is 0 Å². The van der Waals surface area contributed by atoms with Crippen LogP contribution in [0.2, 0.25) is 0 Å². The average molecular weight is 447 g/mol. The van der Waals surface area contributed by atoms with Crippen LogP contribution in [-0.2, 0) is 9.53 Å². The highest BCUT2D eigenvalue weighted by Crippen LogP contribution is 2.68. The van der Waals surface area contributed by atoms with Crippen LogP contribution in [0.4, 0.5) is 0 Å². The van der Waals surface area contributed by atoms with E-state index < -0.39 is 0 Å². The Morgan fingerprint density at radius 3 is 2.31 bits per heavy atom. The molecule has 4 aliphatic rings. The summed E-state index contributed by atoms with van der Waals surface area (Å²) in [6.45, 7) is 13.9. The topological polar surface area (TPSA) is 46.5 Å². The Bertz CT molecular complexity index is 673. The smallest absolute Gasteiger partial charge is 0.302 e. The fraction of sp³-hybridized carbons (Fsp3) is 0.966. The van der Waals surface area contributed by atoms with E-state index in [0.717, 1.165) is 55.3 Å². The van der Waals surface area contributed by atoms with E-state index in [0.29, 0.717) is 17.3 Å². The predicted octanol–water partition coefficient (Wildman–Crippen LogP) is 7.01. The van der Waals surface area contributed by atoms with Crippen molar-refractivity contribution in [3.8, 4) is 0 Å². The highest BCUT2D eigenvalue weighted by molar-refractivity contribution is 5.66. The molecule has 2 unspecified atom stereocenters. The second-order valence-corrected chi connectivity index (χ2v) is 13.3. The zero-order valence-corrected chi connectivity index (χ0v) is 21.7. The van der Waals surface area contributed by atoms with Crippen molar-refractivity contribution in [2.24, 2.45) is 52.3 Å². The molecular formula is C29H50O3. The molecule has 0 heterocycles. The van der Waals surface area contributed by atoms with Gasteiger partial charge in [-0.1, -0.05) is 53.9 Å². The summed E-state index contributed by atoms with van der Waals surface area (Å²) >= 11 is 0. The van der Waals surface area contributed by atoms with Crippen molar-refractivity contribution in [2.45, 2.75) is 124 Å². The van der Waals surface area contributed by atoms with E-state index in [1.807, 2.05) is 0 Å². The molecule has 0 saturated heterocycles. The Morgan fingerprint density at radius 1 is 0.938 bits per heavy atom. The van der Waals surface area contributed by atoms with E-state index in [9.17, 15) is 9.90 Å². The quantitative estimate of drug-likeness (QED) is 0.446. The first-order valence-electron chi connectivity index (χ1n) is 13.9. The molecule has 0 bridgehead atoms. The molecule has 1 N–H and O–H groups in total. The number of aliphatic hydroxyl groups is 1. The largest absolute Gasteiger partial charge is 0.463 e. The number of carbonyl (C=O) groups excluding carboxylic acids is 1. The first-order valence-corrected chi connectivity index (χ1v) is 13.9. The maximum Gasteiger partial charge on any atom is 0.302 e. The zero-order chi connectivity index (χ0) is 23.3. The second-order valence-electron chi connectivity index (χ2n) is 13.3. The summed E-state index contributed by atoms with van der Waals surface area (Å²) in [6.07, 6.45) is 13.3. The molecule has 4 rings (SSSR count). The first-order chi connectivity index (χ1) is 15.1. The van der Waals surface area contributed by atoms with Crippen molar-refractivity contribution in [1.29, 1.82) is 0 Å². The van der Waals surface area contributed by atoms with Crippen molar-refractivity contribution >= 4 is 5.97 Å². The summed E-state index contributed by atoms with van der Waals surface area (Å²) in [5.41, 5.74) is 0.678. The van der Waals surface area contributed by atoms with E-state index >= 15 is 0 Å². The summed E-state index contributed by atoms with van der Waals surface area (Å²) in [5, 5.41) is 11.4. The molecule has 0 aromatic rings. The lowest BCUT2D eigenvalue weighted by atomic mass is 9.43. The fourth-order valence-electron chi connectivity index (χ4n) is 9.63. The number of hydrogen-bond donors (Lipinski definition) is 1. The van der Waals surface area contributed by atoms with E-state index in [1.165, 1.54) is 51.9 Å². The van der Waals surface area contributed by atoms with Gasteiger partial charge in [-0.3, -0.25) is 4.79 Å². The van der Waals surface area contributed by atoms with Crippen LogP contribution in [0.3, 0.4) is 0 Å². The highest BCUT2D eigenvalue weighted by Gasteiger charge is 2.62. The van der Waals surface area contributed by atoms with Crippen LogP contribution < -0.4 is 0 Å². The van der Waals surface area contributed by atoms with Gasteiger partial charge in [0.2, 0.25) is 0 Å². The van der Waals surface area contributed by atoms with Crippen LogP contribution in [0.5, 0.6) is 0 Å². The Hall–Kier alpha value is -0.570. The fourth-order valence-corrected chi connectivity index (χ4v) is 9.63. The number of ether oxygens (including phenoxy) is 1. The molecule has 0 spiro atoms. The number of hydrogen-bond acceptors (Lipinski definition) is 3. The third-order valence-corrected chi connectivity index (χ3v) is 11.2. The Labute approximate surface area is 197 Å². The van der Waals surface area contributed by atoms with Gasteiger partial charge in [-0.2, -0.15) is 0 Å². The Morgan fingerprint density at radius 2 is 1.62 bits per heavy atom. The number of esters is 1. The molecule has 4 saturated carbocycles. The van der Waals surface area contributed by atoms with Gasteiger partial charge in [0, 0.05) is 6.92 Å². The van der Waals surface area contributed by atoms with Crippen LogP contribution in [-0.4, -0.2) is 23.3 Å². The van der Waals surface area contributed by atoms with Gasteiger partial charge in [0.05, 0.1) is 6.10 Å². The predicted molar refractivity (Wildman–Crippen MR) is 130 cm³/mol. The third-order valence-electron chi connectivity index (χ3n) is 11.2. The van der Waals surface area contributed by atoms with Gasteiger partial charge in [-0.15, -0.1) is 0 Å². The second kappa shape index (κ2) is 9.23. The van der Waals surface area contributed by atoms with E-state index in [2.05, 4.69) is 34.6 Å². The Kier molecular flexibility index (Phi) is 7.08.